The van der Waals surface area contributed by atoms with E-state index in [1.54, 1.807) is 11.8 Å². The molecule has 0 saturated heterocycles. The molecule has 0 fully saturated rings. The molecule has 2 aromatic rings. The van der Waals surface area contributed by atoms with E-state index in [2.05, 4.69) is 18.7 Å². The normalized spacial score (nSPS) is 12.0. The summed E-state index contributed by atoms with van der Waals surface area (Å²) in [5.41, 5.74) is 8.01. The topological polar surface area (TPSA) is 26.0 Å². The first-order valence-electron chi connectivity index (χ1n) is 5.50. The summed E-state index contributed by atoms with van der Waals surface area (Å²) < 4.78 is 0. The Bertz CT molecular complexity index is 493. The van der Waals surface area contributed by atoms with Gasteiger partial charge in [-0.3, -0.25) is 0 Å². The summed E-state index contributed by atoms with van der Waals surface area (Å²) in [5.74, 6) is 0. The molecule has 0 amide bonds. The fourth-order valence-corrected chi connectivity index (χ4v) is 2.64. The van der Waals surface area contributed by atoms with Crippen LogP contribution in [-0.4, -0.2) is 0 Å². The van der Waals surface area contributed by atoms with Crippen molar-refractivity contribution in [3.05, 3.63) is 72.8 Å². The molecule has 2 rings (SSSR count). The third-order valence-corrected chi connectivity index (χ3v) is 3.86. The van der Waals surface area contributed by atoms with Crippen molar-refractivity contribution >= 4 is 17.4 Å². The van der Waals surface area contributed by atoms with Gasteiger partial charge in [0.15, 0.2) is 0 Å². The van der Waals surface area contributed by atoms with Gasteiger partial charge in [-0.15, -0.1) is 18.3 Å². The molecule has 0 aliphatic rings. The second kappa shape index (κ2) is 5.60. The molecule has 2 N–H and O–H groups in total. The quantitative estimate of drug-likeness (QED) is 0.491. The molecule has 86 valence electrons. The van der Waals surface area contributed by atoms with Gasteiger partial charge in [0.25, 0.3) is 0 Å². The van der Waals surface area contributed by atoms with Crippen LogP contribution in [-0.2, 0) is 0 Å². The molecule has 2 aromatic carbocycles. The number of rotatable bonds is 4. The van der Waals surface area contributed by atoms with E-state index >= 15 is 0 Å². The summed E-state index contributed by atoms with van der Waals surface area (Å²) in [6.07, 6.45) is 1.95. The molecule has 0 aliphatic carbocycles. The highest BCUT2D eigenvalue weighted by atomic mass is 32.2. The Hall–Kier alpha value is -1.67. The molecule has 2 heteroatoms. The predicted octanol–water partition coefficient (Wildman–Crippen LogP) is 4.29. The van der Waals surface area contributed by atoms with E-state index in [1.165, 1.54) is 5.56 Å². The molecule has 1 nitrogen and oxygen atoms in total. The molecule has 1 atom stereocenters. The predicted molar refractivity (Wildman–Crippen MR) is 76.1 cm³/mol. The van der Waals surface area contributed by atoms with Crippen molar-refractivity contribution in [1.82, 2.24) is 0 Å². The van der Waals surface area contributed by atoms with Crippen LogP contribution in [0.25, 0.3) is 0 Å². The number of hydrogen-bond acceptors (Lipinski definition) is 2. The van der Waals surface area contributed by atoms with Crippen LogP contribution in [0.4, 0.5) is 5.69 Å². The van der Waals surface area contributed by atoms with Crippen molar-refractivity contribution < 1.29 is 0 Å². The van der Waals surface area contributed by atoms with Gasteiger partial charge in [0.2, 0.25) is 0 Å². The van der Waals surface area contributed by atoms with Gasteiger partial charge in [0, 0.05) is 10.6 Å². The fraction of sp³-hybridized carbons (Fsp3) is 0.0667. The van der Waals surface area contributed by atoms with E-state index in [0.29, 0.717) is 0 Å². The van der Waals surface area contributed by atoms with E-state index in [4.69, 9.17) is 5.73 Å². The first-order valence-corrected chi connectivity index (χ1v) is 6.38. The van der Waals surface area contributed by atoms with Crippen molar-refractivity contribution in [2.45, 2.75) is 10.1 Å². The van der Waals surface area contributed by atoms with Crippen molar-refractivity contribution in [1.29, 1.82) is 0 Å². The highest BCUT2D eigenvalue weighted by molar-refractivity contribution is 7.99. The van der Waals surface area contributed by atoms with Gasteiger partial charge >= 0.3 is 0 Å². The van der Waals surface area contributed by atoms with Gasteiger partial charge in [0.05, 0.1) is 5.25 Å². The number of para-hydroxylation sites is 1. The molecule has 0 spiro atoms. The highest BCUT2D eigenvalue weighted by Gasteiger charge is 2.10. The average Bonchev–Trinajstić information content (AvgIpc) is 2.39. The average molecular weight is 241 g/mol. The second-order valence-electron chi connectivity index (χ2n) is 3.72. The maximum Gasteiger partial charge on any atom is 0.0522 e. The maximum atomic E-state index is 5.95. The maximum absolute atomic E-state index is 5.95. The number of thioether (sulfide) groups is 1. The van der Waals surface area contributed by atoms with E-state index in [9.17, 15) is 0 Å². The Morgan fingerprint density at radius 3 is 2.29 bits per heavy atom. The number of nitrogens with two attached hydrogens (primary N) is 1. The monoisotopic (exact) mass is 241 g/mol. The summed E-state index contributed by atoms with van der Waals surface area (Å²) in [4.78, 5) is 1.10. The molecule has 0 bridgehead atoms. The van der Waals surface area contributed by atoms with Crippen molar-refractivity contribution in [2.75, 3.05) is 5.73 Å². The second-order valence-corrected chi connectivity index (χ2v) is 4.91. The van der Waals surface area contributed by atoms with E-state index in [-0.39, 0.29) is 5.25 Å². The molecular weight excluding hydrogens is 226 g/mol. The minimum absolute atomic E-state index is 0.237. The zero-order valence-corrected chi connectivity index (χ0v) is 10.4. The molecule has 1 unspecified atom stereocenters. The Morgan fingerprint density at radius 1 is 1.00 bits per heavy atom. The lowest BCUT2D eigenvalue weighted by atomic mass is 10.1. The van der Waals surface area contributed by atoms with Gasteiger partial charge in [-0.2, -0.15) is 0 Å². The number of hydrogen-bond donors (Lipinski definition) is 1. The number of benzene rings is 2. The fourth-order valence-electron chi connectivity index (χ4n) is 1.62. The molecule has 17 heavy (non-hydrogen) atoms. The summed E-state index contributed by atoms with van der Waals surface area (Å²) in [6.45, 7) is 3.90. The molecule has 0 saturated carbocycles. The highest BCUT2D eigenvalue weighted by Crippen LogP contribution is 2.38. The SMILES string of the molecule is C=CC(Sc1ccccc1N)c1ccccc1. The van der Waals surface area contributed by atoms with Gasteiger partial charge in [0.1, 0.15) is 0 Å². The summed E-state index contributed by atoms with van der Waals surface area (Å²) in [5, 5.41) is 0.237. The van der Waals surface area contributed by atoms with Gasteiger partial charge < -0.3 is 5.73 Å². The summed E-state index contributed by atoms with van der Waals surface area (Å²) >= 11 is 1.73. The van der Waals surface area contributed by atoms with Crippen molar-refractivity contribution in [2.24, 2.45) is 0 Å². The van der Waals surface area contributed by atoms with Crippen LogP contribution in [0.1, 0.15) is 10.8 Å². The molecule has 0 aliphatic heterocycles. The van der Waals surface area contributed by atoms with Crippen LogP contribution in [0, 0.1) is 0 Å². The van der Waals surface area contributed by atoms with Gasteiger partial charge in [-0.25, -0.2) is 0 Å². The minimum atomic E-state index is 0.237. The van der Waals surface area contributed by atoms with Crippen molar-refractivity contribution in [3.8, 4) is 0 Å². The molecule has 0 heterocycles. The van der Waals surface area contributed by atoms with Crippen LogP contribution in [0.5, 0.6) is 0 Å². The number of anilines is 1. The third-order valence-electron chi connectivity index (χ3n) is 2.52. The molecular formula is C15H15NS. The van der Waals surface area contributed by atoms with Crippen LogP contribution in [0.3, 0.4) is 0 Å². The van der Waals surface area contributed by atoms with Crippen LogP contribution in [0.2, 0.25) is 0 Å². The van der Waals surface area contributed by atoms with E-state index in [0.717, 1.165) is 10.6 Å². The minimum Gasteiger partial charge on any atom is -0.398 e. The standard InChI is InChI=1S/C15H15NS/c1-2-14(12-8-4-3-5-9-12)17-15-11-7-6-10-13(15)16/h2-11,14H,1,16H2. The summed E-state index contributed by atoms with van der Waals surface area (Å²) in [7, 11) is 0. The lowest BCUT2D eigenvalue weighted by Gasteiger charge is -2.13. The van der Waals surface area contributed by atoms with Crippen molar-refractivity contribution in [3.63, 3.8) is 0 Å². The lowest BCUT2D eigenvalue weighted by molar-refractivity contribution is 1.23. The third kappa shape index (κ3) is 2.92. The first-order chi connectivity index (χ1) is 8.31. The number of nitrogen functional groups attached to an aromatic ring is 1. The Kier molecular flexibility index (Phi) is 3.89. The first kappa shape index (κ1) is 11.8. The van der Waals surface area contributed by atoms with Gasteiger partial charge in [-0.1, -0.05) is 48.5 Å². The lowest BCUT2D eigenvalue weighted by Crippen LogP contribution is -1.92. The van der Waals surface area contributed by atoms with Crippen LogP contribution >= 0.6 is 11.8 Å². The summed E-state index contributed by atoms with van der Waals surface area (Å²) in [6, 6.07) is 18.2. The largest absolute Gasteiger partial charge is 0.398 e. The van der Waals surface area contributed by atoms with Gasteiger partial charge in [-0.05, 0) is 17.7 Å². The molecule has 0 radical (unpaired) electrons. The smallest absolute Gasteiger partial charge is 0.0522 e. The van der Waals surface area contributed by atoms with Crippen LogP contribution in [0.15, 0.2) is 72.1 Å². The zero-order chi connectivity index (χ0) is 12.1. The Morgan fingerprint density at radius 2 is 1.65 bits per heavy atom. The zero-order valence-electron chi connectivity index (χ0n) is 9.54. The van der Waals surface area contributed by atoms with Crippen LogP contribution < -0.4 is 5.73 Å². The Balaban J connectivity index is 2.22. The Labute approximate surface area is 106 Å². The van der Waals surface area contributed by atoms with E-state index in [1.807, 2.05) is 48.5 Å². The molecule has 0 aromatic heterocycles. The van der Waals surface area contributed by atoms with E-state index < -0.39 is 0 Å².